The van der Waals surface area contributed by atoms with Crippen LogP contribution < -0.4 is 4.74 Å². The highest BCUT2D eigenvalue weighted by Gasteiger charge is 2.28. The molecule has 2 aromatic rings. The van der Waals surface area contributed by atoms with Crippen molar-refractivity contribution >= 4 is 23.3 Å². The summed E-state index contributed by atoms with van der Waals surface area (Å²) in [5, 5.41) is 0. The van der Waals surface area contributed by atoms with Crippen LogP contribution in [0.5, 0.6) is 5.75 Å². The summed E-state index contributed by atoms with van der Waals surface area (Å²) < 4.78 is 8.30. The van der Waals surface area contributed by atoms with Crippen LogP contribution in [-0.4, -0.2) is 16.7 Å². The molecular formula is C13H16N2OS. The van der Waals surface area contributed by atoms with Crippen LogP contribution in [0.3, 0.4) is 0 Å². The molecule has 0 atom stereocenters. The summed E-state index contributed by atoms with van der Waals surface area (Å²) in [5.74, 6) is 1.69. The maximum absolute atomic E-state index is 5.41. The minimum Gasteiger partial charge on any atom is -0.497 e. The number of nitrogens with one attached hydrogen (secondary N) is 1. The molecule has 1 saturated carbocycles. The van der Waals surface area contributed by atoms with Crippen LogP contribution in [0.4, 0.5) is 0 Å². The number of H-pyrrole nitrogens is 1. The van der Waals surface area contributed by atoms with Gasteiger partial charge in [-0.05, 0) is 43.1 Å². The van der Waals surface area contributed by atoms with Gasteiger partial charge in [-0.2, -0.15) is 0 Å². The Kier molecular flexibility index (Phi) is 2.47. The van der Waals surface area contributed by atoms with Crippen LogP contribution in [0.25, 0.3) is 11.0 Å². The number of methoxy groups -OCH3 is 1. The lowest BCUT2D eigenvalue weighted by Crippen LogP contribution is -2.24. The molecule has 1 heterocycles. The topological polar surface area (TPSA) is 29.9 Å². The van der Waals surface area contributed by atoms with Crippen molar-refractivity contribution in [2.24, 2.45) is 5.92 Å². The fourth-order valence-corrected chi connectivity index (χ4v) is 3.03. The van der Waals surface area contributed by atoms with Gasteiger partial charge in [-0.15, -0.1) is 0 Å². The van der Waals surface area contributed by atoms with Crippen molar-refractivity contribution in [3.63, 3.8) is 0 Å². The third kappa shape index (κ3) is 1.67. The zero-order valence-electron chi connectivity index (χ0n) is 10.1. The van der Waals surface area contributed by atoms with Crippen LogP contribution >= 0.6 is 12.2 Å². The van der Waals surface area contributed by atoms with Crippen LogP contribution in [0.2, 0.25) is 0 Å². The Morgan fingerprint density at radius 3 is 2.82 bits per heavy atom. The quantitative estimate of drug-likeness (QED) is 0.822. The molecule has 1 aromatic heterocycles. The smallest absolute Gasteiger partial charge is 0.178 e. The van der Waals surface area contributed by atoms with Crippen LogP contribution in [0.15, 0.2) is 18.2 Å². The van der Waals surface area contributed by atoms with Crippen molar-refractivity contribution in [2.75, 3.05) is 7.11 Å². The molecule has 1 fully saturated rings. The van der Waals surface area contributed by atoms with Crippen molar-refractivity contribution in [2.45, 2.75) is 25.8 Å². The second-order valence-electron chi connectivity index (χ2n) is 4.91. The second kappa shape index (κ2) is 3.88. The highest BCUT2D eigenvalue weighted by Crippen LogP contribution is 2.39. The molecule has 0 bridgehead atoms. The molecule has 4 heteroatoms. The van der Waals surface area contributed by atoms with Crippen molar-refractivity contribution in [3.05, 3.63) is 23.0 Å². The van der Waals surface area contributed by atoms with Crippen molar-refractivity contribution in [1.29, 1.82) is 0 Å². The van der Waals surface area contributed by atoms with Crippen LogP contribution in [-0.2, 0) is 0 Å². The summed E-state index contributed by atoms with van der Waals surface area (Å²) in [4.78, 5) is 3.26. The monoisotopic (exact) mass is 248 g/mol. The minimum absolute atomic E-state index is 0.569. The number of nitrogens with zero attached hydrogens (tertiary/aromatic N) is 1. The first-order valence-corrected chi connectivity index (χ1v) is 6.38. The number of hydrogen-bond acceptors (Lipinski definition) is 2. The van der Waals surface area contributed by atoms with Gasteiger partial charge in [0.2, 0.25) is 0 Å². The van der Waals surface area contributed by atoms with E-state index >= 15 is 0 Å². The van der Waals surface area contributed by atoms with Gasteiger partial charge in [0, 0.05) is 12.1 Å². The van der Waals surface area contributed by atoms with Gasteiger partial charge < -0.3 is 14.3 Å². The highest BCUT2D eigenvalue weighted by molar-refractivity contribution is 7.71. The van der Waals surface area contributed by atoms with E-state index in [1.807, 2.05) is 12.1 Å². The Labute approximate surface area is 105 Å². The molecule has 1 aliphatic rings. The Morgan fingerprint density at radius 2 is 2.18 bits per heavy atom. The molecule has 0 aliphatic heterocycles. The fourth-order valence-electron chi connectivity index (χ4n) is 2.67. The predicted octanol–water partition coefficient (Wildman–Crippen LogP) is 3.68. The van der Waals surface area contributed by atoms with E-state index in [0.717, 1.165) is 22.0 Å². The van der Waals surface area contributed by atoms with E-state index in [1.54, 1.807) is 7.11 Å². The van der Waals surface area contributed by atoms with E-state index < -0.39 is 0 Å². The summed E-state index contributed by atoms with van der Waals surface area (Å²) in [6, 6.07) is 6.65. The lowest BCUT2D eigenvalue weighted by molar-refractivity contribution is 0.219. The average Bonchev–Trinajstić information content (AvgIpc) is 2.59. The van der Waals surface area contributed by atoms with E-state index in [0.29, 0.717) is 6.04 Å². The standard InChI is InChI=1S/C13H16N2OS/c1-8-5-9(6-8)15-12-4-3-10(16-2)7-11(12)14-13(15)17/h3-4,7-9H,5-6H2,1-2H3,(H,14,17). The molecule has 0 amide bonds. The summed E-state index contributed by atoms with van der Waals surface area (Å²) in [6.45, 7) is 2.29. The molecule has 1 aliphatic carbocycles. The number of imidazole rings is 1. The Balaban J connectivity index is 2.12. The van der Waals surface area contributed by atoms with Gasteiger partial charge in [-0.25, -0.2) is 0 Å². The van der Waals surface area contributed by atoms with Gasteiger partial charge in [-0.1, -0.05) is 6.92 Å². The molecule has 3 nitrogen and oxygen atoms in total. The van der Waals surface area contributed by atoms with Crippen molar-refractivity contribution < 1.29 is 4.74 Å². The molecule has 0 radical (unpaired) electrons. The summed E-state index contributed by atoms with van der Waals surface area (Å²) in [5.41, 5.74) is 2.25. The molecule has 0 spiro atoms. The molecule has 1 aromatic carbocycles. The van der Waals surface area contributed by atoms with Crippen molar-refractivity contribution in [3.8, 4) is 5.75 Å². The number of aromatic amines is 1. The predicted molar refractivity (Wildman–Crippen MR) is 71.1 cm³/mol. The molecule has 3 rings (SSSR count). The summed E-state index contributed by atoms with van der Waals surface area (Å²) >= 11 is 5.41. The normalized spacial score (nSPS) is 23.6. The van der Waals surface area contributed by atoms with Gasteiger partial charge in [0.15, 0.2) is 4.77 Å². The maximum atomic E-state index is 5.41. The number of benzene rings is 1. The molecule has 0 unspecified atom stereocenters. The first kappa shape index (κ1) is 10.8. The zero-order chi connectivity index (χ0) is 12.0. The van der Waals surface area contributed by atoms with Gasteiger partial charge in [0.25, 0.3) is 0 Å². The Morgan fingerprint density at radius 1 is 1.41 bits per heavy atom. The number of fused-ring (bicyclic) bond motifs is 1. The van der Waals surface area contributed by atoms with E-state index in [1.165, 1.54) is 18.4 Å². The van der Waals surface area contributed by atoms with Gasteiger partial charge >= 0.3 is 0 Å². The van der Waals surface area contributed by atoms with E-state index in [9.17, 15) is 0 Å². The van der Waals surface area contributed by atoms with E-state index in [4.69, 9.17) is 17.0 Å². The van der Waals surface area contributed by atoms with Gasteiger partial charge in [0.1, 0.15) is 5.75 Å². The molecule has 17 heavy (non-hydrogen) atoms. The number of hydrogen-bond donors (Lipinski definition) is 1. The largest absolute Gasteiger partial charge is 0.497 e. The lowest BCUT2D eigenvalue weighted by Gasteiger charge is -2.34. The Hall–Kier alpha value is -1.29. The minimum atomic E-state index is 0.569. The first-order valence-electron chi connectivity index (χ1n) is 5.97. The number of aromatic nitrogens is 2. The van der Waals surface area contributed by atoms with Crippen molar-refractivity contribution in [1.82, 2.24) is 9.55 Å². The van der Waals surface area contributed by atoms with Crippen LogP contribution in [0, 0.1) is 10.7 Å². The molecule has 1 N–H and O–H groups in total. The van der Waals surface area contributed by atoms with Gasteiger partial charge in [0.05, 0.1) is 18.1 Å². The second-order valence-corrected chi connectivity index (χ2v) is 5.30. The number of rotatable bonds is 2. The first-order chi connectivity index (χ1) is 8.19. The SMILES string of the molecule is COc1ccc2c(c1)[nH]c(=S)n2C1CC(C)C1. The summed E-state index contributed by atoms with van der Waals surface area (Å²) in [6.07, 6.45) is 2.46. The van der Waals surface area contributed by atoms with Gasteiger partial charge in [-0.3, -0.25) is 0 Å². The van der Waals surface area contributed by atoms with Crippen LogP contribution in [0.1, 0.15) is 25.8 Å². The molecule has 90 valence electrons. The van der Waals surface area contributed by atoms with E-state index in [-0.39, 0.29) is 0 Å². The maximum Gasteiger partial charge on any atom is 0.178 e. The van der Waals surface area contributed by atoms with E-state index in [2.05, 4.69) is 22.5 Å². The molecular weight excluding hydrogens is 232 g/mol. The summed E-state index contributed by atoms with van der Waals surface area (Å²) in [7, 11) is 1.68. The number of ether oxygens (including phenoxy) is 1. The zero-order valence-corrected chi connectivity index (χ0v) is 10.9. The lowest BCUT2D eigenvalue weighted by atomic mass is 9.81. The third-order valence-corrected chi connectivity index (χ3v) is 3.94. The fraction of sp³-hybridized carbons (Fsp3) is 0.462. The Bertz CT molecular complexity index is 607. The third-order valence-electron chi connectivity index (χ3n) is 3.64. The highest BCUT2D eigenvalue weighted by atomic mass is 32.1. The molecule has 0 saturated heterocycles. The average molecular weight is 248 g/mol.